The normalized spacial score (nSPS) is 10.8. The van der Waals surface area contributed by atoms with Crippen LogP contribution in [0.1, 0.15) is 45.4 Å². The lowest BCUT2D eigenvalue weighted by atomic mass is 10.1. The van der Waals surface area contributed by atoms with Gasteiger partial charge < -0.3 is 24.1 Å². The van der Waals surface area contributed by atoms with E-state index in [4.69, 9.17) is 19.0 Å². The van der Waals surface area contributed by atoms with E-state index in [2.05, 4.69) is 6.92 Å². The maximum atomic E-state index is 12.0. The zero-order chi connectivity index (χ0) is 18.9. The van der Waals surface area contributed by atoms with Crippen LogP contribution in [0, 0.1) is 0 Å². The van der Waals surface area contributed by atoms with Gasteiger partial charge >= 0.3 is 11.6 Å². The molecule has 0 aliphatic rings. The van der Waals surface area contributed by atoms with Gasteiger partial charge in [0.25, 0.3) is 0 Å². The Hall–Kier alpha value is -2.70. The van der Waals surface area contributed by atoms with Crippen molar-refractivity contribution in [3.8, 4) is 17.2 Å². The fraction of sp³-hybridized carbons (Fsp3) is 0.474. The fourth-order valence-corrected chi connectivity index (χ4v) is 2.57. The molecule has 2 N–H and O–H groups in total. The highest BCUT2D eigenvalue weighted by molar-refractivity contribution is 5.86. The molecule has 0 aliphatic heterocycles. The largest absolute Gasteiger partial charge is 0.504 e. The van der Waals surface area contributed by atoms with E-state index in [0.717, 1.165) is 19.3 Å². The second kappa shape index (κ2) is 9.70. The molecule has 0 bridgehead atoms. The predicted octanol–water partition coefficient (Wildman–Crippen LogP) is 3.70. The second-order valence-electron chi connectivity index (χ2n) is 6.02. The summed E-state index contributed by atoms with van der Waals surface area (Å²) >= 11 is 0. The summed E-state index contributed by atoms with van der Waals surface area (Å²) in [4.78, 5) is 22.6. The van der Waals surface area contributed by atoms with Crippen molar-refractivity contribution in [3.63, 3.8) is 0 Å². The summed E-state index contributed by atoms with van der Waals surface area (Å²) in [6.07, 6.45) is 6.51. The van der Waals surface area contributed by atoms with E-state index in [-0.39, 0.29) is 22.8 Å². The van der Waals surface area contributed by atoms with Crippen molar-refractivity contribution in [1.29, 1.82) is 0 Å². The van der Waals surface area contributed by atoms with Gasteiger partial charge in [-0.3, -0.25) is 0 Å². The van der Waals surface area contributed by atoms with E-state index in [1.54, 1.807) is 0 Å². The molecule has 7 heteroatoms. The van der Waals surface area contributed by atoms with Gasteiger partial charge in [-0.1, -0.05) is 39.0 Å². The summed E-state index contributed by atoms with van der Waals surface area (Å²) in [7, 11) is 0. The summed E-state index contributed by atoms with van der Waals surface area (Å²) in [5.74, 6) is -1.38. The lowest BCUT2D eigenvalue weighted by Crippen LogP contribution is -2.10. The van der Waals surface area contributed by atoms with E-state index < -0.39 is 18.2 Å². The molecular weight excluding hydrogens is 340 g/mol. The van der Waals surface area contributed by atoms with Crippen LogP contribution in [0.5, 0.6) is 17.2 Å². The smallest absolute Gasteiger partial charge is 0.383 e. The van der Waals surface area contributed by atoms with E-state index in [0.29, 0.717) is 12.0 Å². The number of fused-ring (bicyclic) bond motifs is 1. The average Bonchev–Trinajstić information content (AvgIpc) is 2.61. The number of carbonyl (C=O) groups is 1. The molecule has 1 aromatic carbocycles. The Kier molecular flexibility index (Phi) is 7.32. The number of ether oxygens (including phenoxy) is 2. The number of aromatic hydroxyl groups is 1. The van der Waals surface area contributed by atoms with Gasteiger partial charge in [0.15, 0.2) is 12.4 Å². The van der Waals surface area contributed by atoms with Crippen LogP contribution in [-0.2, 0) is 4.79 Å². The van der Waals surface area contributed by atoms with Crippen molar-refractivity contribution in [2.24, 2.45) is 0 Å². The van der Waals surface area contributed by atoms with Crippen LogP contribution in [0.3, 0.4) is 0 Å². The molecule has 0 radical (unpaired) electrons. The van der Waals surface area contributed by atoms with Gasteiger partial charge in [-0.2, -0.15) is 0 Å². The van der Waals surface area contributed by atoms with Gasteiger partial charge in [-0.15, -0.1) is 0 Å². The molecule has 0 saturated carbocycles. The minimum atomic E-state index is -1.12. The third-order valence-electron chi connectivity index (χ3n) is 3.92. The molecule has 1 heterocycles. The van der Waals surface area contributed by atoms with E-state index in [1.807, 2.05) is 0 Å². The van der Waals surface area contributed by atoms with Gasteiger partial charge in [0.05, 0.1) is 12.0 Å². The maximum Gasteiger partial charge on any atom is 0.383 e. The Morgan fingerprint density at radius 3 is 2.58 bits per heavy atom. The number of carboxylic acids is 1. The number of benzene rings is 1. The molecule has 0 unspecified atom stereocenters. The first kappa shape index (κ1) is 19.6. The highest BCUT2D eigenvalue weighted by atomic mass is 16.5. The number of unbranched alkanes of at least 4 members (excludes halogenated alkanes) is 5. The minimum Gasteiger partial charge on any atom is -0.504 e. The summed E-state index contributed by atoms with van der Waals surface area (Å²) in [6, 6.07) is 4.34. The molecule has 2 aromatic rings. The molecule has 0 fully saturated rings. The first-order chi connectivity index (χ1) is 12.5. The molecule has 0 spiro atoms. The topological polar surface area (TPSA) is 106 Å². The Bertz CT molecular complexity index is 794. The lowest BCUT2D eigenvalue weighted by molar-refractivity contribution is -0.139. The SMILES string of the molecule is CCCCCCCCOc1c(O)c2ccc(OCC(=O)O)cc2oc1=O. The molecule has 0 saturated heterocycles. The molecular formula is C19H24O7. The third kappa shape index (κ3) is 5.40. The number of hydrogen-bond acceptors (Lipinski definition) is 6. The monoisotopic (exact) mass is 364 g/mol. The van der Waals surface area contributed by atoms with E-state index >= 15 is 0 Å². The fourth-order valence-electron chi connectivity index (χ4n) is 2.57. The van der Waals surface area contributed by atoms with Crippen molar-refractivity contribution in [3.05, 3.63) is 28.6 Å². The molecule has 142 valence electrons. The average molecular weight is 364 g/mol. The molecule has 7 nitrogen and oxygen atoms in total. The Labute approximate surface area is 151 Å². The zero-order valence-electron chi connectivity index (χ0n) is 14.8. The minimum absolute atomic E-state index is 0.0994. The van der Waals surface area contributed by atoms with E-state index in [9.17, 15) is 14.7 Å². The van der Waals surface area contributed by atoms with E-state index in [1.165, 1.54) is 37.5 Å². The van der Waals surface area contributed by atoms with Crippen LogP contribution in [0.2, 0.25) is 0 Å². The Morgan fingerprint density at radius 1 is 1.12 bits per heavy atom. The van der Waals surface area contributed by atoms with Gasteiger partial charge in [0.1, 0.15) is 11.3 Å². The summed E-state index contributed by atoms with van der Waals surface area (Å²) in [5, 5.41) is 19.2. The Morgan fingerprint density at radius 2 is 1.85 bits per heavy atom. The van der Waals surface area contributed by atoms with Crippen molar-refractivity contribution in [2.45, 2.75) is 45.4 Å². The lowest BCUT2D eigenvalue weighted by Gasteiger charge is -2.09. The summed E-state index contributed by atoms with van der Waals surface area (Å²) in [5.41, 5.74) is -0.682. The maximum absolute atomic E-state index is 12.0. The van der Waals surface area contributed by atoms with Crippen LogP contribution in [0.25, 0.3) is 11.0 Å². The number of aliphatic carboxylic acids is 1. The van der Waals surface area contributed by atoms with Gasteiger partial charge in [-0.05, 0) is 18.6 Å². The van der Waals surface area contributed by atoms with Crippen LogP contribution >= 0.6 is 0 Å². The van der Waals surface area contributed by atoms with Gasteiger partial charge in [0, 0.05) is 6.07 Å². The third-order valence-corrected chi connectivity index (χ3v) is 3.92. The molecule has 1 aromatic heterocycles. The molecule has 0 amide bonds. The van der Waals surface area contributed by atoms with Crippen molar-refractivity contribution in [2.75, 3.05) is 13.2 Å². The van der Waals surface area contributed by atoms with Crippen molar-refractivity contribution in [1.82, 2.24) is 0 Å². The first-order valence-electron chi connectivity index (χ1n) is 8.80. The van der Waals surface area contributed by atoms with Crippen molar-refractivity contribution < 1.29 is 28.9 Å². The molecule has 0 aliphatic carbocycles. The number of rotatable bonds is 11. The molecule has 2 rings (SSSR count). The van der Waals surface area contributed by atoms with Crippen molar-refractivity contribution >= 4 is 16.9 Å². The predicted molar refractivity (Wildman–Crippen MR) is 96.2 cm³/mol. The summed E-state index contributed by atoms with van der Waals surface area (Å²) in [6.45, 7) is 1.98. The molecule has 26 heavy (non-hydrogen) atoms. The quantitative estimate of drug-likeness (QED) is 0.462. The molecule has 0 atom stereocenters. The zero-order valence-corrected chi connectivity index (χ0v) is 14.8. The number of carboxylic acid groups (broad SMARTS) is 1. The Balaban J connectivity index is 2.03. The van der Waals surface area contributed by atoms with Crippen LogP contribution < -0.4 is 15.1 Å². The highest BCUT2D eigenvalue weighted by Crippen LogP contribution is 2.33. The first-order valence-corrected chi connectivity index (χ1v) is 8.80. The van der Waals surface area contributed by atoms with Crippen LogP contribution in [0.15, 0.2) is 27.4 Å². The second-order valence-corrected chi connectivity index (χ2v) is 6.02. The highest BCUT2D eigenvalue weighted by Gasteiger charge is 2.16. The standard InChI is InChI=1S/C19H24O7/c1-2-3-4-5-6-7-10-24-18-17(22)14-9-8-13(25-12-16(20)21)11-15(14)26-19(18)23/h8-9,11,22H,2-7,10,12H2,1H3,(H,20,21). The van der Waals surface area contributed by atoms with Gasteiger partial charge in [0.2, 0.25) is 5.75 Å². The summed E-state index contributed by atoms with van der Waals surface area (Å²) < 4.78 is 15.6. The van der Waals surface area contributed by atoms with Gasteiger partial charge in [-0.25, -0.2) is 9.59 Å². The van der Waals surface area contributed by atoms with Crippen LogP contribution in [0.4, 0.5) is 0 Å². The van der Waals surface area contributed by atoms with Crippen LogP contribution in [-0.4, -0.2) is 29.4 Å². The number of hydrogen-bond donors (Lipinski definition) is 2.